The molecule has 2 aromatic heterocycles. The molecule has 0 aliphatic heterocycles. The van der Waals surface area contributed by atoms with Gasteiger partial charge in [0, 0.05) is 25.2 Å². The molecule has 2 aromatic rings. The van der Waals surface area contributed by atoms with Crippen LogP contribution in [-0.4, -0.2) is 44.3 Å². The van der Waals surface area contributed by atoms with Gasteiger partial charge in [-0.15, -0.1) is 0 Å². The van der Waals surface area contributed by atoms with E-state index in [-0.39, 0.29) is 12.5 Å². The Morgan fingerprint density at radius 2 is 2.36 bits per heavy atom. The van der Waals surface area contributed by atoms with Crippen molar-refractivity contribution >= 4 is 11.7 Å². The molecule has 2 heterocycles. The first-order chi connectivity index (χ1) is 10.6. The van der Waals surface area contributed by atoms with Gasteiger partial charge in [-0.3, -0.25) is 14.4 Å². The first-order valence-electron chi connectivity index (χ1n) is 7.40. The Labute approximate surface area is 128 Å². The van der Waals surface area contributed by atoms with E-state index in [0.717, 1.165) is 18.7 Å². The lowest BCUT2D eigenvalue weighted by Gasteiger charge is -2.20. The highest BCUT2D eigenvalue weighted by Crippen LogP contribution is 2.35. The minimum atomic E-state index is -0.121. The van der Waals surface area contributed by atoms with E-state index in [9.17, 15) is 4.79 Å². The highest BCUT2D eigenvalue weighted by molar-refractivity contribution is 5.91. The van der Waals surface area contributed by atoms with Crippen LogP contribution in [0.25, 0.3) is 0 Å². The van der Waals surface area contributed by atoms with Gasteiger partial charge in [-0.2, -0.15) is 10.1 Å². The van der Waals surface area contributed by atoms with Crippen molar-refractivity contribution < 1.29 is 9.32 Å². The summed E-state index contributed by atoms with van der Waals surface area (Å²) in [5, 5.41) is 10.8. The number of rotatable bonds is 6. The van der Waals surface area contributed by atoms with E-state index in [2.05, 4.69) is 20.6 Å². The fourth-order valence-corrected chi connectivity index (χ4v) is 2.36. The standard InChI is InChI=1S/C14H20N6O2/c1-19(9-13(21)15-11-6-7-20(2)17-11)8-12-16-14(22-18-12)10-4-3-5-10/h6-7,10H,3-5,8-9H2,1-2H3,(H,15,17,21). The summed E-state index contributed by atoms with van der Waals surface area (Å²) in [7, 11) is 3.65. The molecule has 0 saturated heterocycles. The molecule has 8 nitrogen and oxygen atoms in total. The topological polar surface area (TPSA) is 89.1 Å². The third-order valence-corrected chi connectivity index (χ3v) is 3.74. The second kappa shape index (κ2) is 6.27. The molecule has 1 amide bonds. The number of aryl methyl sites for hydroxylation is 1. The molecule has 0 spiro atoms. The first-order valence-corrected chi connectivity index (χ1v) is 7.40. The number of hydrogen-bond acceptors (Lipinski definition) is 6. The molecule has 0 bridgehead atoms. The summed E-state index contributed by atoms with van der Waals surface area (Å²) in [6.07, 6.45) is 5.27. The summed E-state index contributed by atoms with van der Waals surface area (Å²) < 4.78 is 6.91. The zero-order valence-corrected chi connectivity index (χ0v) is 12.8. The zero-order valence-electron chi connectivity index (χ0n) is 12.8. The Balaban J connectivity index is 1.47. The molecule has 3 rings (SSSR count). The van der Waals surface area contributed by atoms with E-state index in [1.807, 2.05) is 11.9 Å². The molecule has 1 aliphatic carbocycles. The Hall–Kier alpha value is -2.22. The fourth-order valence-electron chi connectivity index (χ4n) is 2.36. The van der Waals surface area contributed by atoms with Crippen LogP contribution in [0.2, 0.25) is 0 Å². The predicted molar refractivity (Wildman–Crippen MR) is 79.1 cm³/mol. The SMILES string of the molecule is CN(CC(=O)Nc1ccn(C)n1)Cc1noc(C2CCC2)n1. The Bertz CT molecular complexity index is 645. The van der Waals surface area contributed by atoms with Gasteiger partial charge in [0.15, 0.2) is 11.6 Å². The van der Waals surface area contributed by atoms with E-state index in [4.69, 9.17) is 4.52 Å². The van der Waals surface area contributed by atoms with Gasteiger partial charge in [-0.25, -0.2) is 0 Å². The maximum atomic E-state index is 11.9. The van der Waals surface area contributed by atoms with E-state index in [0.29, 0.717) is 24.1 Å². The average molecular weight is 304 g/mol. The van der Waals surface area contributed by atoms with E-state index in [1.54, 1.807) is 24.0 Å². The monoisotopic (exact) mass is 304 g/mol. The third-order valence-electron chi connectivity index (χ3n) is 3.74. The number of carbonyl (C=O) groups is 1. The Morgan fingerprint density at radius 1 is 1.55 bits per heavy atom. The van der Waals surface area contributed by atoms with Crippen LogP contribution in [0.5, 0.6) is 0 Å². The molecule has 1 N–H and O–H groups in total. The number of anilines is 1. The Kier molecular flexibility index (Phi) is 4.19. The summed E-state index contributed by atoms with van der Waals surface area (Å²) >= 11 is 0. The highest BCUT2D eigenvalue weighted by atomic mass is 16.5. The summed E-state index contributed by atoms with van der Waals surface area (Å²) in [6.45, 7) is 0.718. The van der Waals surface area contributed by atoms with Crippen molar-refractivity contribution in [2.45, 2.75) is 31.7 Å². The highest BCUT2D eigenvalue weighted by Gasteiger charge is 2.25. The fraction of sp³-hybridized carbons (Fsp3) is 0.571. The van der Waals surface area contributed by atoms with Crippen molar-refractivity contribution in [3.05, 3.63) is 24.0 Å². The molecule has 0 radical (unpaired) electrons. The van der Waals surface area contributed by atoms with Crippen LogP contribution in [0.15, 0.2) is 16.8 Å². The van der Waals surface area contributed by atoms with Gasteiger partial charge in [-0.05, 0) is 19.9 Å². The van der Waals surface area contributed by atoms with Crippen molar-refractivity contribution in [2.24, 2.45) is 7.05 Å². The summed E-state index contributed by atoms with van der Waals surface area (Å²) in [6, 6.07) is 1.75. The molecule has 8 heteroatoms. The minimum Gasteiger partial charge on any atom is -0.339 e. The quantitative estimate of drug-likeness (QED) is 0.861. The number of hydrogen-bond donors (Lipinski definition) is 1. The summed E-state index contributed by atoms with van der Waals surface area (Å²) in [5.74, 6) is 2.21. The van der Waals surface area contributed by atoms with Crippen LogP contribution in [0.1, 0.15) is 36.9 Å². The van der Waals surface area contributed by atoms with Crippen molar-refractivity contribution in [1.29, 1.82) is 0 Å². The Morgan fingerprint density at radius 3 is 3.00 bits per heavy atom. The lowest BCUT2D eigenvalue weighted by Crippen LogP contribution is -2.30. The summed E-state index contributed by atoms with van der Waals surface area (Å²) in [5.41, 5.74) is 0. The maximum absolute atomic E-state index is 11.9. The maximum Gasteiger partial charge on any atom is 0.239 e. The van der Waals surface area contributed by atoms with Gasteiger partial charge in [0.1, 0.15) is 0 Å². The van der Waals surface area contributed by atoms with Crippen LogP contribution < -0.4 is 5.32 Å². The number of likely N-dealkylation sites (N-methyl/N-ethyl adjacent to an activating group) is 1. The molecule has 22 heavy (non-hydrogen) atoms. The molecular formula is C14H20N6O2. The van der Waals surface area contributed by atoms with E-state index in [1.165, 1.54) is 6.42 Å². The van der Waals surface area contributed by atoms with Gasteiger partial charge >= 0.3 is 0 Å². The lowest BCUT2D eigenvalue weighted by molar-refractivity contribution is -0.117. The van der Waals surface area contributed by atoms with Crippen LogP contribution in [-0.2, 0) is 18.4 Å². The third kappa shape index (κ3) is 3.51. The molecule has 0 atom stereocenters. The van der Waals surface area contributed by atoms with Crippen LogP contribution in [0.4, 0.5) is 5.82 Å². The van der Waals surface area contributed by atoms with E-state index < -0.39 is 0 Å². The normalized spacial score (nSPS) is 15.0. The molecule has 1 saturated carbocycles. The molecule has 118 valence electrons. The predicted octanol–water partition coefficient (Wildman–Crippen LogP) is 1.14. The number of nitrogens with one attached hydrogen (secondary N) is 1. The van der Waals surface area contributed by atoms with Crippen molar-refractivity contribution in [2.75, 3.05) is 18.9 Å². The van der Waals surface area contributed by atoms with Crippen molar-refractivity contribution in [3.63, 3.8) is 0 Å². The van der Waals surface area contributed by atoms with Gasteiger partial charge in [0.05, 0.1) is 13.1 Å². The summed E-state index contributed by atoms with van der Waals surface area (Å²) in [4.78, 5) is 18.2. The number of aromatic nitrogens is 4. The molecule has 0 aromatic carbocycles. The van der Waals surface area contributed by atoms with Crippen LogP contribution >= 0.6 is 0 Å². The number of amides is 1. The molecule has 1 fully saturated rings. The second-order valence-corrected chi connectivity index (χ2v) is 5.77. The minimum absolute atomic E-state index is 0.121. The van der Waals surface area contributed by atoms with Gasteiger partial charge in [0.2, 0.25) is 11.8 Å². The number of carbonyl (C=O) groups excluding carboxylic acids is 1. The van der Waals surface area contributed by atoms with Crippen molar-refractivity contribution in [3.8, 4) is 0 Å². The van der Waals surface area contributed by atoms with Gasteiger partial charge in [-0.1, -0.05) is 11.6 Å². The van der Waals surface area contributed by atoms with Gasteiger partial charge < -0.3 is 9.84 Å². The second-order valence-electron chi connectivity index (χ2n) is 5.77. The number of nitrogens with zero attached hydrogens (tertiary/aromatic N) is 5. The van der Waals surface area contributed by atoms with Crippen LogP contribution in [0.3, 0.4) is 0 Å². The van der Waals surface area contributed by atoms with Crippen molar-refractivity contribution in [1.82, 2.24) is 24.8 Å². The van der Waals surface area contributed by atoms with E-state index >= 15 is 0 Å². The first kappa shape index (κ1) is 14.7. The van der Waals surface area contributed by atoms with Gasteiger partial charge in [0.25, 0.3) is 0 Å². The zero-order chi connectivity index (χ0) is 15.5. The van der Waals surface area contributed by atoms with Crippen LogP contribution in [0, 0.1) is 0 Å². The molecule has 0 unspecified atom stereocenters. The largest absolute Gasteiger partial charge is 0.339 e. The molecular weight excluding hydrogens is 284 g/mol. The molecule has 1 aliphatic rings. The average Bonchev–Trinajstić information content (AvgIpc) is 2.97. The smallest absolute Gasteiger partial charge is 0.239 e. The lowest BCUT2D eigenvalue weighted by atomic mass is 9.85.